The minimum atomic E-state index is -0.811. The van der Waals surface area contributed by atoms with Crippen molar-refractivity contribution in [1.82, 2.24) is 0 Å². The van der Waals surface area contributed by atoms with E-state index in [1.807, 2.05) is 0 Å². The molecule has 0 radical (unpaired) electrons. The molecule has 0 aromatic rings. The fraction of sp³-hybridized carbons (Fsp3) is 0.560. The summed E-state index contributed by atoms with van der Waals surface area (Å²) in [6.07, 6.45) is 101. The van der Waals surface area contributed by atoms with Crippen LogP contribution in [0, 0.1) is 0 Å². The third kappa shape index (κ3) is 65.2. The molecule has 452 valence electrons. The maximum atomic E-state index is 12.8. The van der Waals surface area contributed by atoms with E-state index in [1.165, 1.54) is 38.5 Å². The highest BCUT2D eigenvalue weighted by Crippen LogP contribution is 2.14. The fourth-order valence-electron chi connectivity index (χ4n) is 8.14. The molecule has 0 spiro atoms. The van der Waals surface area contributed by atoms with Crippen molar-refractivity contribution in [2.45, 2.75) is 258 Å². The number of carbonyl (C=O) groups is 3. The number of hydrogen-bond donors (Lipinski definition) is 0. The standard InChI is InChI=1S/C75H116O6/c1-4-7-10-13-15-17-19-21-23-25-27-29-31-33-35-36-37-38-40-41-43-45-47-49-51-53-55-57-59-62-65-68-74(77)80-71-72(70-79-73(76)67-64-61-12-9-6-3)81-75(78)69-66-63-60-58-56-54-52-50-48-46-44-42-39-34-32-30-28-26-24-22-20-18-16-14-11-8-5-2/h7-8,10-11,15-18,21-24,27-30,33-35,37-39,41,43-44,46,50,52,56,58,72H,4-6,9,12-14,19-20,25-26,31-32,36,40,42,45,47-49,51,53-55,57,59-71H2,1-3H3/b10-7-,11-8-,17-15-,18-16-,23-21-,24-22-,29-27-,30-28-,35-33-,38-37-,39-34-,43-41-,46-44-,52-50-,58-56-. The van der Waals surface area contributed by atoms with Gasteiger partial charge in [-0.2, -0.15) is 0 Å². The van der Waals surface area contributed by atoms with E-state index >= 15 is 0 Å². The van der Waals surface area contributed by atoms with E-state index in [-0.39, 0.29) is 37.5 Å². The highest BCUT2D eigenvalue weighted by atomic mass is 16.6. The highest BCUT2D eigenvalue weighted by molar-refractivity contribution is 5.71. The lowest BCUT2D eigenvalue weighted by atomic mass is 10.1. The monoisotopic (exact) mass is 1110 g/mol. The van der Waals surface area contributed by atoms with Gasteiger partial charge in [0.05, 0.1) is 0 Å². The van der Waals surface area contributed by atoms with Crippen molar-refractivity contribution >= 4 is 17.9 Å². The van der Waals surface area contributed by atoms with Gasteiger partial charge in [0.1, 0.15) is 13.2 Å². The largest absolute Gasteiger partial charge is 0.462 e. The van der Waals surface area contributed by atoms with Gasteiger partial charge in [-0.25, -0.2) is 0 Å². The summed E-state index contributed by atoms with van der Waals surface area (Å²) in [5.41, 5.74) is 0. The van der Waals surface area contributed by atoms with Crippen LogP contribution >= 0.6 is 0 Å². The van der Waals surface area contributed by atoms with Crippen LogP contribution in [0.1, 0.15) is 252 Å². The van der Waals surface area contributed by atoms with E-state index in [0.717, 1.165) is 167 Å². The highest BCUT2D eigenvalue weighted by Gasteiger charge is 2.19. The molecule has 0 aromatic heterocycles. The normalized spacial score (nSPS) is 13.4. The summed E-state index contributed by atoms with van der Waals surface area (Å²) in [4.78, 5) is 37.9. The van der Waals surface area contributed by atoms with Gasteiger partial charge in [0.2, 0.25) is 0 Å². The smallest absolute Gasteiger partial charge is 0.306 e. The number of ether oxygens (including phenoxy) is 3. The summed E-state index contributed by atoms with van der Waals surface area (Å²) in [5, 5.41) is 0. The van der Waals surface area contributed by atoms with Crippen LogP contribution in [0.4, 0.5) is 0 Å². The zero-order chi connectivity index (χ0) is 58.5. The lowest BCUT2D eigenvalue weighted by Gasteiger charge is -2.18. The molecule has 0 aliphatic rings. The Morgan fingerprint density at radius 3 is 0.778 bits per heavy atom. The third-order valence-electron chi connectivity index (χ3n) is 12.9. The molecule has 6 nitrogen and oxygen atoms in total. The second kappa shape index (κ2) is 67.0. The van der Waals surface area contributed by atoms with Gasteiger partial charge in [0.25, 0.3) is 0 Å². The molecule has 0 bridgehead atoms. The van der Waals surface area contributed by atoms with Crippen LogP contribution < -0.4 is 0 Å². The van der Waals surface area contributed by atoms with Crippen LogP contribution in [0.25, 0.3) is 0 Å². The topological polar surface area (TPSA) is 78.9 Å². The second-order valence-corrected chi connectivity index (χ2v) is 20.6. The summed E-state index contributed by atoms with van der Waals surface area (Å²) in [6, 6.07) is 0. The number of allylic oxidation sites excluding steroid dienone is 30. The zero-order valence-corrected chi connectivity index (χ0v) is 51.7. The fourth-order valence-corrected chi connectivity index (χ4v) is 8.14. The maximum Gasteiger partial charge on any atom is 0.306 e. The Kier molecular flexibility index (Phi) is 62.5. The summed E-state index contributed by atoms with van der Waals surface area (Å²) in [6.45, 7) is 6.27. The maximum absolute atomic E-state index is 12.8. The van der Waals surface area contributed by atoms with E-state index in [0.29, 0.717) is 19.3 Å². The van der Waals surface area contributed by atoms with Gasteiger partial charge in [0.15, 0.2) is 6.10 Å². The Balaban J connectivity index is 4.19. The van der Waals surface area contributed by atoms with Crippen molar-refractivity contribution in [1.29, 1.82) is 0 Å². The molecule has 0 fully saturated rings. The van der Waals surface area contributed by atoms with Gasteiger partial charge in [-0.05, 0) is 141 Å². The average Bonchev–Trinajstić information content (AvgIpc) is 3.47. The Hall–Kier alpha value is -5.49. The summed E-state index contributed by atoms with van der Waals surface area (Å²) in [5.74, 6) is -0.979. The van der Waals surface area contributed by atoms with E-state index in [9.17, 15) is 14.4 Å². The Morgan fingerprint density at radius 1 is 0.259 bits per heavy atom. The predicted molar refractivity (Wildman–Crippen MR) is 352 cm³/mol. The van der Waals surface area contributed by atoms with E-state index in [4.69, 9.17) is 14.2 Å². The molecule has 0 saturated carbocycles. The molecular weight excluding hydrogens is 997 g/mol. The second-order valence-electron chi connectivity index (χ2n) is 20.6. The van der Waals surface area contributed by atoms with Crippen LogP contribution in [0.15, 0.2) is 182 Å². The van der Waals surface area contributed by atoms with Crippen molar-refractivity contribution < 1.29 is 28.6 Å². The quantitative estimate of drug-likeness (QED) is 0.0261. The van der Waals surface area contributed by atoms with Crippen LogP contribution in [0.5, 0.6) is 0 Å². The van der Waals surface area contributed by atoms with E-state index < -0.39 is 6.10 Å². The van der Waals surface area contributed by atoms with Crippen molar-refractivity contribution in [3.8, 4) is 0 Å². The molecule has 0 aromatic carbocycles. The molecule has 0 saturated heterocycles. The molecule has 81 heavy (non-hydrogen) atoms. The number of carbonyl (C=O) groups excluding carboxylic acids is 3. The molecule has 0 heterocycles. The van der Waals surface area contributed by atoms with E-state index in [2.05, 4.69) is 203 Å². The molecule has 0 amide bonds. The van der Waals surface area contributed by atoms with Crippen molar-refractivity contribution in [3.63, 3.8) is 0 Å². The summed E-state index contributed by atoms with van der Waals surface area (Å²) >= 11 is 0. The third-order valence-corrected chi connectivity index (χ3v) is 12.9. The van der Waals surface area contributed by atoms with Gasteiger partial charge in [-0.1, -0.05) is 274 Å². The first-order chi connectivity index (χ1) is 40.0. The molecule has 1 atom stereocenters. The molecule has 0 N–H and O–H groups in total. The minimum Gasteiger partial charge on any atom is -0.462 e. The predicted octanol–water partition coefficient (Wildman–Crippen LogP) is 22.4. The van der Waals surface area contributed by atoms with Crippen LogP contribution in [-0.4, -0.2) is 37.2 Å². The Bertz CT molecular complexity index is 1900. The minimum absolute atomic E-state index is 0.106. The van der Waals surface area contributed by atoms with Gasteiger partial charge in [0, 0.05) is 19.3 Å². The lowest BCUT2D eigenvalue weighted by molar-refractivity contribution is -0.167. The van der Waals surface area contributed by atoms with Crippen molar-refractivity contribution in [3.05, 3.63) is 182 Å². The van der Waals surface area contributed by atoms with Crippen LogP contribution in [0.3, 0.4) is 0 Å². The summed E-state index contributed by atoms with van der Waals surface area (Å²) in [7, 11) is 0. The first-order valence-electron chi connectivity index (χ1n) is 32.3. The Labute approximate surface area is 497 Å². The van der Waals surface area contributed by atoms with Crippen molar-refractivity contribution in [2.24, 2.45) is 0 Å². The Morgan fingerprint density at radius 2 is 0.481 bits per heavy atom. The van der Waals surface area contributed by atoms with Crippen LogP contribution in [-0.2, 0) is 28.6 Å². The number of unbranched alkanes of at least 4 members (excludes halogenated alkanes) is 15. The lowest BCUT2D eigenvalue weighted by Crippen LogP contribution is -2.30. The van der Waals surface area contributed by atoms with Gasteiger partial charge in [-0.3, -0.25) is 14.4 Å². The number of esters is 3. The molecule has 0 aliphatic heterocycles. The summed E-state index contributed by atoms with van der Waals surface area (Å²) < 4.78 is 16.7. The van der Waals surface area contributed by atoms with Crippen LogP contribution in [0.2, 0.25) is 0 Å². The first kappa shape index (κ1) is 75.5. The average molecular weight is 1110 g/mol. The SMILES string of the molecule is CC/C=C\C/C=C\C/C=C\C/C=C\C/C=C\C/C=C\C/C=C\C/C=C\CCCCC(=O)OC(COC(=O)CCCCCCC)COC(=O)CCCCCCCCCCC/C=C\C/C=C\C/C=C\C/C=C\C/C=C\C/C=C\C/C=C\CC. The molecular formula is C75H116O6. The molecule has 0 aliphatic carbocycles. The number of hydrogen-bond acceptors (Lipinski definition) is 6. The molecule has 0 rings (SSSR count). The number of rotatable bonds is 56. The van der Waals surface area contributed by atoms with Crippen molar-refractivity contribution in [2.75, 3.05) is 13.2 Å². The van der Waals surface area contributed by atoms with Gasteiger partial charge >= 0.3 is 17.9 Å². The van der Waals surface area contributed by atoms with Gasteiger partial charge < -0.3 is 14.2 Å². The van der Waals surface area contributed by atoms with Gasteiger partial charge in [-0.15, -0.1) is 0 Å². The molecule has 1 unspecified atom stereocenters. The first-order valence-corrected chi connectivity index (χ1v) is 32.3. The molecule has 6 heteroatoms. The zero-order valence-electron chi connectivity index (χ0n) is 51.7. The van der Waals surface area contributed by atoms with E-state index in [1.54, 1.807) is 0 Å².